The summed E-state index contributed by atoms with van der Waals surface area (Å²) in [7, 11) is 0. The maximum atomic E-state index is 12.8. The number of allylic oxidation sites excluding steroid dienone is 1. The SMILES string of the molecule is CCCCC/C=C/C(=O)N[C@@H](Cc1ccc(O)cc1)C(=O)N[C@@H](C)/C=C/C(=O)OCC. The van der Waals surface area contributed by atoms with E-state index in [1.165, 1.54) is 30.4 Å². The Morgan fingerprint density at radius 3 is 2.42 bits per heavy atom. The van der Waals surface area contributed by atoms with Gasteiger partial charge in [-0.15, -0.1) is 0 Å². The molecule has 1 rings (SSSR count). The summed E-state index contributed by atoms with van der Waals surface area (Å²) in [5.74, 6) is -1.07. The van der Waals surface area contributed by atoms with Gasteiger partial charge in [0.2, 0.25) is 11.8 Å². The first kappa shape index (κ1) is 25.9. The van der Waals surface area contributed by atoms with E-state index in [1.807, 2.05) is 6.08 Å². The average Bonchev–Trinajstić information content (AvgIpc) is 2.73. The fraction of sp³-hybridized carbons (Fsp3) is 0.458. The molecule has 0 aliphatic rings. The summed E-state index contributed by atoms with van der Waals surface area (Å²) in [5.41, 5.74) is 0.792. The molecule has 3 N–H and O–H groups in total. The Morgan fingerprint density at radius 1 is 1.06 bits per heavy atom. The van der Waals surface area contributed by atoms with E-state index in [2.05, 4.69) is 17.6 Å². The van der Waals surface area contributed by atoms with E-state index in [0.29, 0.717) is 0 Å². The van der Waals surface area contributed by atoms with Gasteiger partial charge in [0.25, 0.3) is 0 Å². The molecule has 170 valence electrons. The Balaban J connectivity index is 2.78. The molecule has 1 aromatic rings. The number of rotatable bonds is 13. The van der Waals surface area contributed by atoms with Gasteiger partial charge in [0.05, 0.1) is 6.61 Å². The molecule has 2 amide bonds. The van der Waals surface area contributed by atoms with E-state index in [0.717, 1.165) is 31.2 Å². The van der Waals surface area contributed by atoms with Crippen molar-refractivity contribution in [2.24, 2.45) is 0 Å². The molecule has 0 aromatic heterocycles. The van der Waals surface area contributed by atoms with Gasteiger partial charge in [-0.05, 0) is 50.5 Å². The quantitative estimate of drug-likeness (QED) is 0.253. The molecule has 0 bridgehead atoms. The van der Waals surface area contributed by atoms with Crippen LogP contribution in [-0.2, 0) is 25.5 Å². The number of hydrogen-bond donors (Lipinski definition) is 3. The van der Waals surface area contributed by atoms with Gasteiger partial charge < -0.3 is 20.5 Å². The zero-order valence-electron chi connectivity index (χ0n) is 18.6. The van der Waals surface area contributed by atoms with Gasteiger partial charge in [-0.3, -0.25) is 9.59 Å². The molecule has 0 aliphatic carbocycles. The van der Waals surface area contributed by atoms with Crippen LogP contribution < -0.4 is 10.6 Å². The van der Waals surface area contributed by atoms with E-state index in [1.54, 1.807) is 26.0 Å². The molecule has 0 spiro atoms. The van der Waals surface area contributed by atoms with Crippen LogP contribution in [0.15, 0.2) is 48.6 Å². The highest BCUT2D eigenvalue weighted by atomic mass is 16.5. The lowest BCUT2D eigenvalue weighted by Gasteiger charge is -2.20. The molecule has 7 nitrogen and oxygen atoms in total. The van der Waals surface area contributed by atoms with Crippen molar-refractivity contribution in [3.05, 3.63) is 54.1 Å². The third-order valence-electron chi connectivity index (χ3n) is 4.43. The van der Waals surface area contributed by atoms with Crippen molar-refractivity contribution < 1.29 is 24.2 Å². The van der Waals surface area contributed by atoms with Crippen LogP contribution >= 0.6 is 0 Å². The summed E-state index contributed by atoms with van der Waals surface area (Å²) in [4.78, 5) is 36.6. The lowest BCUT2D eigenvalue weighted by atomic mass is 10.0. The van der Waals surface area contributed by atoms with E-state index in [4.69, 9.17) is 4.74 Å². The number of amides is 2. The summed E-state index contributed by atoms with van der Waals surface area (Å²) in [6.07, 6.45) is 10.4. The molecule has 0 radical (unpaired) electrons. The number of hydrogen-bond acceptors (Lipinski definition) is 5. The van der Waals surface area contributed by atoms with Crippen LogP contribution in [0.1, 0.15) is 52.0 Å². The van der Waals surface area contributed by atoms with Gasteiger partial charge in [0.15, 0.2) is 0 Å². The van der Waals surface area contributed by atoms with Crippen molar-refractivity contribution in [2.75, 3.05) is 6.61 Å². The summed E-state index contributed by atoms with van der Waals surface area (Å²) >= 11 is 0. The zero-order chi connectivity index (χ0) is 23.1. The van der Waals surface area contributed by atoms with Crippen molar-refractivity contribution >= 4 is 17.8 Å². The number of phenolic OH excluding ortho intramolecular Hbond substituents is 1. The second-order valence-corrected chi connectivity index (χ2v) is 7.24. The number of benzene rings is 1. The topological polar surface area (TPSA) is 105 Å². The zero-order valence-corrected chi connectivity index (χ0v) is 18.6. The highest BCUT2D eigenvalue weighted by Crippen LogP contribution is 2.12. The van der Waals surface area contributed by atoms with Crippen molar-refractivity contribution in [3.8, 4) is 5.75 Å². The van der Waals surface area contributed by atoms with Crippen LogP contribution in [0, 0.1) is 0 Å². The van der Waals surface area contributed by atoms with Gasteiger partial charge in [-0.1, -0.05) is 44.1 Å². The predicted molar refractivity (Wildman–Crippen MR) is 120 cm³/mol. The maximum Gasteiger partial charge on any atom is 0.330 e. The molecule has 0 fully saturated rings. The van der Waals surface area contributed by atoms with Gasteiger partial charge in [-0.2, -0.15) is 0 Å². The monoisotopic (exact) mass is 430 g/mol. The molecule has 2 atom stereocenters. The Bertz CT molecular complexity index is 756. The Hall–Kier alpha value is -3.09. The van der Waals surface area contributed by atoms with Crippen LogP contribution in [0.4, 0.5) is 0 Å². The second kappa shape index (κ2) is 14.8. The number of carbonyl (C=O) groups excluding carboxylic acids is 3. The van der Waals surface area contributed by atoms with Crippen LogP contribution in [0.25, 0.3) is 0 Å². The molecule has 0 heterocycles. The van der Waals surface area contributed by atoms with Gasteiger partial charge in [-0.25, -0.2) is 4.79 Å². The highest BCUT2D eigenvalue weighted by molar-refractivity contribution is 5.93. The number of aromatic hydroxyl groups is 1. The van der Waals surface area contributed by atoms with Crippen LogP contribution in [0.5, 0.6) is 5.75 Å². The second-order valence-electron chi connectivity index (χ2n) is 7.24. The third kappa shape index (κ3) is 11.6. The van der Waals surface area contributed by atoms with Crippen LogP contribution in [0.3, 0.4) is 0 Å². The number of unbranched alkanes of at least 4 members (excludes halogenated alkanes) is 3. The smallest absolute Gasteiger partial charge is 0.330 e. The van der Waals surface area contributed by atoms with E-state index < -0.39 is 18.1 Å². The third-order valence-corrected chi connectivity index (χ3v) is 4.43. The molecular formula is C24H34N2O5. The molecule has 7 heteroatoms. The minimum absolute atomic E-state index is 0.126. The molecule has 1 aromatic carbocycles. The van der Waals surface area contributed by atoms with Crippen molar-refractivity contribution in [1.82, 2.24) is 10.6 Å². The van der Waals surface area contributed by atoms with Gasteiger partial charge >= 0.3 is 5.97 Å². The number of nitrogens with one attached hydrogen (secondary N) is 2. The lowest BCUT2D eigenvalue weighted by Crippen LogP contribution is -2.49. The molecule has 0 saturated heterocycles. The molecular weight excluding hydrogens is 396 g/mol. The fourth-order valence-electron chi connectivity index (χ4n) is 2.79. The molecule has 0 unspecified atom stereocenters. The van der Waals surface area contributed by atoms with Crippen molar-refractivity contribution in [2.45, 2.75) is 65.0 Å². The predicted octanol–water partition coefficient (Wildman–Crippen LogP) is 3.18. The van der Waals surface area contributed by atoms with E-state index in [9.17, 15) is 19.5 Å². The Morgan fingerprint density at radius 2 is 1.77 bits per heavy atom. The van der Waals surface area contributed by atoms with Gasteiger partial charge in [0.1, 0.15) is 11.8 Å². The highest BCUT2D eigenvalue weighted by Gasteiger charge is 2.21. The lowest BCUT2D eigenvalue weighted by molar-refractivity contribution is -0.137. The Kier molecular flexibility index (Phi) is 12.4. The summed E-state index contributed by atoms with van der Waals surface area (Å²) in [5, 5.41) is 15.0. The average molecular weight is 431 g/mol. The minimum Gasteiger partial charge on any atom is -0.508 e. The van der Waals surface area contributed by atoms with Gasteiger partial charge in [0, 0.05) is 18.5 Å². The fourth-order valence-corrected chi connectivity index (χ4v) is 2.79. The summed E-state index contributed by atoms with van der Waals surface area (Å²) in [6, 6.07) is 5.23. The number of phenols is 1. The Labute approximate surface area is 184 Å². The number of carbonyl (C=O) groups is 3. The van der Waals surface area contributed by atoms with E-state index in [-0.39, 0.29) is 30.6 Å². The molecule has 0 aliphatic heterocycles. The first-order valence-corrected chi connectivity index (χ1v) is 10.8. The van der Waals surface area contributed by atoms with Crippen LogP contribution in [-0.4, -0.2) is 41.6 Å². The standard InChI is InChI=1S/C24H34N2O5/c1-4-6-7-8-9-10-22(28)26-21(17-19-12-14-20(27)15-13-19)24(30)25-18(3)11-16-23(29)31-5-2/h9-16,18,21,27H,4-8,17H2,1-3H3,(H,25,30)(H,26,28)/b10-9+,16-11+/t18-,21-/m0/s1. The normalized spacial score (nSPS) is 13.1. The molecule has 31 heavy (non-hydrogen) atoms. The maximum absolute atomic E-state index is 12.8. The summed E-state index contributed by atoms with van der Waals surface area (Å²) < 4.78 is 4.82. The summed E-state index contributed by atoms with van der Waals surface area (Å²) in [6.45, 7) is 5.83. The van der Waals surface area contributed by atoms with Crippen LogP contribution in [0.2, 0.25) is 0 Å². The van der Waals surface area contributed by atoms with Crippen molar-refractivity contribution in [1.29, 1.82) is 0 Å². The number of esters is 1. The number of ether oxygens (including phenoxy) is 1. The first-order chi connectivity index (χ1) is 14.8. The minimum atomic E-state index is -0.809. The first-order valence-electron chi connectivity index (χ1n) is 10.8. The van der Waals surface area contributed by atoms with E-state index >= 15 is 0 Å². The van der Waals surface area contributed by atoms with Crippen molar-refractivity contribution in [3.63, 3.8) is 0 Å². The molecule has 0 saturated carbocycles. The largest absolute Gasteiger partial charge is 0.508 e.